The van der Waals surface area contributed by atoms with Crippen molar-refractivity contribution in [3.05, 3.63) is 65.8 Å². The second-order valence-corrected chi connectivity index (χ2v) is 8.27. The number of nitrogens with one attached hydrogen (secondary N) is 1. The van der Waals surface area contributed by atoms with Gasteiger partial charge in [-0.2, -0.15) is 0 Å². The van der Waals surface area contributed by atoms with E-state index in [4.69, 9.17) is 5.73 Å². The van der Waals surface area contributed by atoms with Crippen molar-refractivity contribution in [1.82, 2.24) is 15.2 Å². The van der Waals surface area contributed by atoms with Crippen LogP contribution in [0.2, 0.25) is 0 Å². The number of imide groups is 1. The molecular formula is C24H29N5O4. The highest BCUT2D eigenvalue weighted by molar-refractivity contribution is 6.02. The quantitative estimate of drug-likeness (QED) is 0.220. The molecule has 2 heterocycles. The summed E-state index contributed by atoms with van der Waals surface area (Å²) in [5.74, 6) is -3.43. The highest BCUT2D eigenvalue weighted by atomic mass is 16.5. The molecule has 1 aromatic carbocycles. The van der Waals surface area contributed by atoms with Crippen molar-refractivity contribution in [2.45, 2.75) is 45.1 Å². The minimum absolute atomic E-state index is 0.166. The van der Waals surface area contributed by atoms with Gasteiger partial charge in [0.15, 0.2) is 5.79 Å². The number of carbonyl (C=O) groups excluding carboxylic acids is 2. The van der Waals surface area contributed by atoms with Gasteiger partial charge in [0.05, 0.1) is 12.0 Å². The van der Waals surface area contributed by atoms with Gasteiger partial charge in [-0.1, -0.05) is 30.3 Å². The standard InChI is InChI=1S/C24H29N5O4/c1-5-15(11-20(25)26-4)10-18-21(24(3,32)33)29(22(18)30)23(31)28-14(2)19-13-27-12-16-8-6-7-9-17(16)19/h5-9,11-14,18,21,32-33H,4,10,25H2,1-3H3,(H,28,31)/b15-5-,20-11-/t14?,18-,21+/m1/s1. The van der Waals surface area contributed by atoms with Crippen molar-refractivity contribution in [2.24, 2.45) is 16.6 Å². The lowest BCUT2D eigenvalue weighted by atomic mass is 9.78. The zero-order chi connectivity index (χ0) is 24.3. The number of benzene rings is 1. The van der Waals surface area contributed by atoms with E-state index in [0.717, 1.165) is 28.2 Å². The van der Waals surface area contributed by atoms with Crippen molar-refractivity contribution in [3.63, 3.8) is 0 Å². The average molecular weight is 452 g/mol. The number of likely N-dealkylation sites (tertiary alicyclic amines) is 1. The molecule has 0 spiro atoms. The molecule has 1 saturated heterocycles. The second-order valence-electron chi connectivity index (χ2n) is 8.27. The molecular weight excluding hydrogens is 422 g/mol. The van der Waals surface area contributed by atoms with E-state index in [0.29, 0.717) is 5.57 Å². The molecule has 3 rings (SSSR count). The van der Waals surface area contributed by atoms with Gasteiger partial charge in [0, 0.05) is 23.3 Å². The van der Waals surface area contributed by atoms with Gasteiger partial charge in [0.1, 0.15) is 11.9 Å². The predicted molar refractivity (Wildman–Crippen MR) is 126 cm³/mol. The number of allylic oxidation sites excluding steroid dienone is 3. The van der Waals surface area contributed by atoms with Crippen LogP contribution in [0.1, 0.15) is 38.8 Å². The highest BCUT2D eigenvalue weighted by Crippen LogP contribution is 2.38. The Labute approximate surface area is 192 Å². The van der Waals surface area contributed by atoms with E-state index < -0.39 is 35.7 Å². The second kappa shape index (κ2) is 9.51. The number of pyridine rings is 1. The van der Waals surface area contributed by atoms with Crippen molar-refractivity contribution in [2.75, 3.05) is 0 Å². The first-order valence-electron chi connectivity index (χ1n) is 10.6. The molecule has 1 fully saturated rings. The van der Waals surface area contributed by atoms with Crippen molar-refractivity contribution in [3.8, 4) is 0 Å². The Morgan fingerprint density at radius 2 is 2.09 bits per heavy atom. The number of aromatic nitrogens is 1. The van der Waals surface area contributed by atoms with E-state index in [1.54, 1.807) is 38.4 Å². The fourth-order valence-electron chi connectivity index (χ4n) is 4.17. The fourth-order valence-corrected chi connectivity index (χ4v) is 4.17. The summed E-state index contributed by atoms with van der Waals surface area (Å²) >= 11 is 0. The number of hydrogen-bond acceptors (Lipinski definition) is 7. The Morgan fingerprint density at radius 1 is 1.39 bits per heavy atom. The summed E-state index contributed by atoms with van der Waals surface area (Å²) in [6.07, 6.45) is 6.86. The number of urea groups is 1. The van der Waals surface area contributed by atoms with E-state index >= 15 is 0 Å². The van der Waals surface area contributed by atoms with Crippen molar-refractivity contribution < 1.29 is 19.8 Å². The van der Waals surface area contributed by atoms with Gasteiger partial charge < -0.3 is 21.3 Å². The number of rotatable bonds is 7. The van der Waals surface area contributed by atoms with E-state index in [1.807, 2.05) is 24.3 Å². The molecule has 33 heavy (non-hydrogen) atoms. The molecule has 2 aromatic rings. The summed E-state index contributed by atoms with van der Waals surface area (Å²) in [5.41, 5.74) is 7.15. The maximum atomic E-state index is 13.0. The van der Waals surface area contributed by atoms with Crippen molar-refractivity contribution in [1.29, 1.82) is 0 Å². The lowest BCUT2D eigenvalue weighted by Crippen LogP contribution is -2.72. The van der Waals surface area contributed by atoms with E-state index in [9.17, 15) is 19.8 Å². The third-order valence-electron chi connectivity index (χ3n) is 5.84. The average Bonchev–Trinajstić information content (AvgIpc) is 2.78. The Morgan fingerprint density at radius 3 is 2.73 bits per heavy atom. The third kappa shape index (κ3) is 4.94. The van der Waals surface area contributed by atoms with Crippen LogP contribution in [-0.2, 0) is 4.79 Å². The molecule has 3 atom stereocenters. The number of aliphatic hydroxyl groups is 2. The molecule has 5 N–H and O–H groups in total. The lowest BCUT2D eigenvalue weighted by Gasteiger charge is -2.50. The Balaban J connectivity index is 1.81. The van der Waals surface area contributed by atoms with Crippen LogP contribution in [0.25, 0.3) is 10.8 Å². The summed E-state index contributed by atoms with van der Waals surface area (Å²) in [6.45, 7) is 8.05. The van der Waals surface area contributed by atoms with Crippen LogP contribution in [0, 0.1) is 5.92 Å². The van der Waals surface area contributed by atoms with Gasteiger partial charge in [-0.15, -0.1) is 0 Å². The first-order chi connectivity index (χ1) is 15.6. The molecule has 9 heteroatoms. The molecule has 1 aliphatic heterocycles. The molecule has 0 aliphatic carbocycles. The van der Waals surface area contributed by atoms with Gasteiger partial charge in [0.25, 0.3) is 0 Å². The number of carbonyl (C=O) groups is 2. The van der Waals surface area contributed by atoms with E-state index in [1.165, 1.54) is 0 Å². The van der Waals surface area contributed by atoms with Crippen LogP contribution >= 0.6 is 0 Å². The lowest BCUT2D eigenvalue weighted by molar-refractivity contribution is -0.225. The van der Waals surface area contributed by atoms with Crippen molar-refractivity contribution >= 4 is 29.4 Å². The summed E-state index contributed by atoms with van der Waals surface area (Å²) < 4.78 is 0. The first-order valence-corrected chi connectivity index (χ1v) is 10.6. The van der Waals surface area contributed by atoms with Crippen LogP contribution in [-0.4, -0.2) is 50.6 Å². The molecule has 174 valence electrons. The van der Waals surface area contributed by atoms with Gasteiger partial charge >= 0.3 is 6.03 Å². The zero-order valence-corrected chi connectivity index (χ0v) is 18.9. The number of aliphatic imine (C=N–C) groups is 1. The van der Waals surface area contributed by atoms with Crippen LogP contribution in [0.15, 0.2) is 65.2 Å². The minimum Gasteiger partial charge on any atom is -0.384 e. The monoisotopic (exact) mass is 451 g/mol. The molecule has 3 amide bonds. The first kappa shape index (κ1) is 24.1. The van der Waals surface area contributed by atoms with Gasteiger partial charge in [0.2, 0.25) is 5.91 Å². The minimum atomic E-state index is -2.29. The molecule has 1 aliphatic rings. The summed E-state index contributed by atoms with van der Waals surface area (Å²) in [7, 11) is 0. The third-order valence-corrected chi connectivity index (χ3v) is 5.84. The summed E-state index contributed by atoms with van der Waals surface area (Å²) in [6, 6.07) is 5.33. The largest absolute Gasteiger partial charge is 0.384 e. The Bertz CT molecular complexity index is 1130. The Kier molecular flexibility index (Phi) is 6.95. The topological polar surface area (TPSA) is 141 Å². The normalized spacial score (nSPS) is 20.4. The van der Waals surface area contributed by atoms with Gasteiger partial charge in [-0.3, -0.25) is 14.7 Å². The highest BCUT2D eigenvalue weighted by Gasteiger charge is 2.58. The molecule has 0 bridgehead atoms. The molecule has 9 nitrogen and oxygen atoms in total. The number of amides is 3. The fraction of sp³-hybridized carbons (Fsp3) is 0.333. The van der Waals surface area contributed by atoms with E-state index in [2.05, 4.69) is 22.0 Å². The van der Waals surface area contributed by atoms with Crippen LogP contribution in [0.4, 0.5) is 4.79 Å². The maximum Gasteiger partial charge on any atom is 0.325 e. The predicted octanol–water partition coefficient (Wildman–Crippen LogP) is 2.37. The molecule has 0 saturated carbocycles. The van der Waals surface area contributed by atoms with Gasteiger partial charge in [-0.05, 0) is 50.9 Å². The zero-order valence-electron chi connectivity index (χ0n) is 18.9. The molecule has 1 aromatic heterocycles. The molecule has 0 radical (unpaired) electrons. The maximum absolute atomic E-state index is 13.0. The smallest absolute Gasteiger partial charge is 0.325 e. The number of nitrogens with two attached hydrogens (primary N) is 1. The number of nitrogens with zero attached hydrogens (tertiary/aromatic N) is 3. The number of β-lactam (4-membered cyclic amide) rings is 1. The van der Waals surface area contributed by atoms with Crippen LogP contribution in [0.3, 0.4) is 0 Å². The van der Waals surface area contributed by atoms with Crippen LogP contribution in [0.5, 0.6) is 0 Å². The van der Waals surface area contributed by atoms with E-state index in [-0.39, 0.29) is 12.2 Å². The Hall–Kier alpha value is -3.56. The summed E-state index contributed by atoms with van der Waals surface area (Å²) in [5, 5.41) is 25.3. The van der Waals surface area contributed by atoms with Gasteiger partial charge in [-0.25, -0.2) is 9.79 Å². The summed E-state index contributed by atoms with van der Waals surface area (Å²) in [4.78, 5) is 34.7. The SMILES string of the molecule is C=N/C(N)=C\C(=C/C)C[C@H]1C(=O)N(C(=O)NC(C)c2cncc3ccccc23)[C@@H]1C(C)(O)O. The number of hydrogen-bond donors (Lipinski definition) is 4. The number of fused-ring (bicyclic) bond motifs is 1. The van der Waals surface area contributed by atoms with Crippen LogP contribution < -0.4 is 11.1 Å². The molecule has 1 unspecified atom stereocenters.